The third kappa shape index (κ3) is 2.92. The van der Waals surface area contributed by atoms with Crippen molar-refractivity contribution < 1.29 is 4.79 Å². The summed E-state index contributed by atoms with van der Waals surface area (Å²) in [4.78, 5) is 10.7. The van der Waals surface area contributed by atoms with Gasteiger partial charge in [-0.05, 0) is 17.6 Å². The predicted octanol–water partition coefficient (Wildman–Crippen LogP) is 1.70. The van der Waals surface area contributed by atoms with Gasteiger partial charge in [0.1, 0.15) is 0 Å². The summed E-state index contributed by atoms with van der Waals surface area (Å²) in [7, 11) is 0. The molecule has 66 valence electrons. The van der Waals surface area contributed by atoms with Gasteiger partial charge in [0.2, 0.25) is 0 Å². The topological polar surface area (TPSA) is 29.1 Å². The molecule has 0 aliphatic rings. The molecule has 0 aromatic heterocycles. The lowest BCUT2D eigenvalue weighted by Crippen LogP contribution is -2.20. The van der Waals surface area contributed by atoms with Crippen LogP contribution in [-0.4, -0.2) is 5.91 Å². The molecule has 1 amide bonds. The lowest BCUT2D eigenvalue weighted by atomic mass is 10.2. The molecule has 0 unspecified atom stereocenters. The summed E-state index contributed by atoms with van der Waals surface area (Å²) >= 11 is 3.37. The second-order valence-corrected chi connectivity index (χ2v) is 3.27. The minimum Gasteiger partial charge on any atom is -0.341 e. The van der Waals surface area contributed by atoms with Crippen molar-refractivity contribution in [3.05, 3.63) is 34.3 Å². The fourth-order valence-electron chi connectivity index (χ4n) is 0.868. The van der Waals surface area contributed by atoms with Gasteiger partial charge in [-0.2, -0.15) is 0 Å². The number of hydrogen-bond acceptors (Lipinski definition) is 1. The summed E-state index contributed by atoms with van der Waals surface area (Å²) in [6.07, 6.45) is 4.90. The Morgan fingerprint density at radius 3 is 2.85 bits per heavy atom. The molecule has 0 saturated carbocycles. The molecule has 0 aliphatic carbocycles. The minimum atomic E-state index is -0.393. The smallest absolute Gasteiger partial charge is 0.295 e. The first-order chi connectivity index (χ1) is 6.24. The Morgan fingerprint density at radius 2 is 2.23 bits per heavy atom. The molecule has 2 nitrogen and oxygen atoms in total. The number of terminal acetylenes is 1. The zero-order valence-electron chi connectivity index (χ0n) is 6.88. The van der Waals surface area contributed by atoms with Gasteiger partial charge >= 0.3 is 0 Å². The summed E-state index contributed by atoms with van der Waals surface area (Å²) in [6.45, 7) is 0.449. The highest BCUT2D eigenvalue weighted by atomic mass is 79.9. The van der Waals surface area contributed by atoms with Crippen LogP contribution in [0.2, 0.25) is 0 Å². The number of amides is 1. The van der Waals surface area contributed by atoms with E-state index in [1.807, 2.05) is 30.2 Å². The van der Waals surface area contributed by atoms with Crippen molar-refractivity contribution in [3.63, 3.8) is 0 Å². The first-order valence-electron chi connectivity index (χ1n) is 3.72. The number of carbonyl (C=O) groups is 1. The van der Waals surface area contributed by atoms with E-state index < -0.39 is 5.91 Å². The molecular weight excluding hydrogens is 230 g/mol. The lowest BCUT2D eigenvalue weighted by molar-refractivity contribution is -0.115. The number of rotatable bonds is 2. The molecule has 0 bridgehead atoms. The van der Waals surface area contributed by atoms with Crippen LogP contribution in [0.1, 0.15) is 5.56 Å². The SMILES string of the molecule is C#CC(=O)NCc1ccccc1Br. The molecule has 1 aromatic carbocycles. The fraction of sp³-hybridized carbons (Fsp3) is 0.100. The highest BCUT2D eigenvalue weighted by Crippen LogP contribution is 2.14. The van der Waals surface area contributed by atoms with E-state index in [1.54, 1.807) is 0 Å². The average molecular weight is 238 g/mol. The quantitative estimate of drug-likeness (QED) is 0.780. The number of benzene rings is 1. The molecule has 13 heavy (non-hydrogen) atoms. The van der Waals surface area contributed by atoms with E-state index in [9.17, 15) is 4.79 Å². The van der Waals surface area contributed by atoms with Crippen molar-refractivity contribution in [1.29, 1.82) is 0 Å². The molecule has 1 rings (SSSR count). The fourth-order valence-corrected chi connectivity index (χ4v) is 1.29. The molecule has 0 fully saturated rings. The van der Waals surface area contributed by atoms with E-state index in [4.69, 9.17) is 6.42 Å². The molecule has 0 spiro atoms. The molecular formula is C10H8BrNO. The third-order valence-electron chi connectivity index (χ3n) is 1.53. The molecule has 0 aliphatic heterocycles. The van der Waals surface area contributed by atoms with Gasteiger partial charge in [-0.15, -0.1) is 6.42 Å². The van der Waals surface area contributed by atoms with Crippen LogP contribution in [0.4, 0.5) is 0 Å². The van der Waals surface area contributed by atoms with E-state index >= 15 is 0 Å². The van der Waals surface area contributed by atoms with Crippen LogP contribution in [0, 0.1) is 12.3 Å². The summed E-state index contributed by atoms with van der Waals surface area (Å²) in [5.74, 6) is 1.60. The van der Waals surface area contributed by atoms with Crippen LogP contribution >= 0.6 is 15.9 Å². The second kappa shape index (κ2) is 4.68. The van der Waals surface area contributed by atoms with Crippen molar-refractivity contribution >= 4 is 21.8 Å². The standard InChI is InChI=1S/C10H8BrNO/c1-2-10(13)12-7-8-5-3-4-6-9(8)11/h1,3-6H,7H2,(H,12,13). The van der Waals surface area contributed by atoms with Gasteiger partial charge in [-0.25, -0.2) is 0 Å². The van der Waals surface area contributed by atoms with Gasteiger partial charge in [0.25, 0.3) is 5.91 Å². The molecule has 1 N–H and O–H groups in total. The second-order valence-electron chi connectivity index (χ2n) is 2.42. The average Bonchev–Trinajstić information content (AvgIpc) is 2.16. The van der Waals surface area contributed by atoms with Crippen LogP contribution in [0.5, 0.6) is 0 Å². The maximum absolute atomic E-state index is 10.7. The molecule has 0 atom stereocenters. The monoisotopic (exact) mass is 237 g/mol. The number of halogens is 1. The third-order valence-corrected chi connectivity index (χ3v) is 2.30. The van der Waals surface area contributed by atoms with Gasteiger partial charge < -0.3 is 5.32 Å². The highest BCUT2D eigenvalue weighted by Gasteiger charge is 1.99. The van der Waals surface area contributed by atoms with Crippen molar-refractivity contribution in [2.45, 2.75) is 6.54 Å². The van der Waals surface area contributed by atoms with E-state index in [0.29, 0.717) is 6.54 Å². The minimum absolute atomic E-state index is 0.393. The summed E-state index contributed by atoms with van der Waals surface area (Å²) in [5.41, 5.74) is 1.01. The van der Waals surface area contributed by atoms with Gasteiger partial charge in [0, 0.05) is 11.0 Å². The zero-order valence-corrected chi connectivity index (χ0v) is 8.47. The maximum atomic E-state index is 10.7. The maximum Gasteiger partial charge on any atom is 0.295 e. The summed E-state index contributed by atoms with van der Waals surface area (Å²) in [6, 6.07) is 7.65. The van der Waals surface area contributed by atoms with Crippen LogP contribution in [0.25, 0.3) is 0 Å². The van der Waals surface area contributed by atoms with Gasteiger partial charge in [0.05, 0.1) is 0 Å². The first kappa shape index (κ1) is 9.82. The van der Waals surface area contributed by atoms with Crippen molar-refractivity contribution in [1.82, 2.24) is 5.32 Å². The molecule has 0 radical (unpaired) electrons. The van der Waals surface area contributed by atoms with Crippen LogP contribution < -0.4 is 5.32 Å². The zero-order chi connectivity index (χ0) is 9.68. The van der Waals surface area contributed by atoms with Crippen molar-refractivity contribution in [2.24, 2.45) is 0 Å². The van der Waals surface area contributed by atoms with Crippen molar-refractivity contribution in [3.8, 4) is 12.3 Å². The highest BCUT2D eigenvalue weighted by molar-refractivity contribution is 9.10. The molecule has 1 aromatic rings. The van der Waals surface area contributed by atoms with Gasteiger partial charge in [-0.1, -0.05) is 34.1 Å². The van der Waals surface area contributed by atoms with Crippen LogP contribution in [0.15, 0.2) is 28.7 Å². The van der Waals surface area contributed by atoms with Crippen molar-refractivity contribution in [2.75, 3.05) is 0 Å². The van der Waals surface area contributed by atoms with Crippen LogP contribution in [0.3, 0.4) is 0 Å². The Bertz CT molecular complexity index is 354. The Labute approximate surface area is 85.5 Å². The van der Waals surface area contributed by atoms with E-state index in [0.717, 1.165) is 10.0 Å². The first-order valence-corrected chi connectivity index (χ1v) is 4.51. The van der Waals surface area contributed by atoms with E-state index in [2.05, 4.69) is 21.2 Å². The largest absolute Gasteiger partial charge is 0.341 e. The molecule has 0 heterocycles. The van der Waals surface area contributed by atoms with E-state index in [1.165, 1.54) is 0 Å². The Morgan fingerprint density at radius 1 is 1.54 bits per heavy atom. The Hall–Kier alpha value is -1.27. The normalized spacial score (nSPS) is 8.92. The summed E-state index contributed by atoms with van der Waals surface area (Å²) < 4.78 is 0.965. The molecule has 3 heteroatoms. The number of hydrogen-bond donors (Lipinski definition) is 1. The summed E-state index contributed by atoms with van der Waals surface area (Å²) in [5, 5.41) is 2.58. The van der Waals surface area contributed by atoms with Gasteiger partial charge in [-0.3, -0.25) is 4.79 Å². The Kier molecular flexibility index (Phi) is 3.53. The van der Waals surface area contributed by atoms with Gasteiger partial charge in [0.15, 0.2) is 0 Å². The predicted molar refractivity (Wildman–Crippen MR) is 54.8 cm³/mol. The number of nitrogens with one attached hydrogen (secondary N) is 1. The van der Waals surface area contributed by atoms with Crippen LogP contribution in [-0.2, 0) is 11.3 Å². The van der Waals surface area contributed by atoms with E-state index in [-0.39, 0.29) is 0 Å². The number of carbonyl (C=O) groups excluding carboxylic acids is 1. The molecule has 0 saturated heterocycles. The Balaban J connectivity index is 2.61. The lowest BCUT2D eigenvalue weighted by Gasteiger charge is -2.03.